The summed E-state index contributed by atoms with van der Waals surface area (Å²) in [5, 5.41) is 13.4. The second-order valence-electron chi connectivity index (χ2n) is 10.2. The molecule has 4 rings (SSSR count). The summed E-state index contributed by atoms with van der Waals surface area (Å²) in [5.41, 5.74) is -0.541. The first-order valence-corrected chi connectivity index (χ1v) is 18.6. The van der Waals surface area contributed by atoms with E-state index in [1.165, 1.54) is 52.3 Å². The highest BCUT2D eigenvalue weighted by Crippen LogP contribution is 2.25. The lowest BCUT2D eigenvalue weighted by molar-refractivity contribution is -0.134. The van der Waals surface area contributed by atoms with Crippen LogP contribution in [-0.4, -0.2) is 90.3 Å². The number of aryl methyl sites for hydroxylation is 3. The largest absolute Gasteiger partial charge is 0.478 e. The molecule has 5 N–H and O–H groups in total. The Morgan fingerprint density at radius 3 is 1.70 bits per heavy atom. The van der Waals surface area contributed by atoms with E-state index in [9.17, 15) is 44.4 Å². The molecule has 2 aromatic carbocycles. The van der Waals surface area contributed by atoms with Gasteiger partial charge in [0.1, 0.15) is 16.5 Å². The van der Waals surface area contributed by atoms with Crippen molar-refractivity contribution in [3.63, 3.8) is 0 Å². The molecule has 0 fully saturated rings. The molecule has 0 aliphatic carbocycles. The Hall–Kier alpha value is -5.51. The number of methoxy groups -OCH3 is 2. The van der Waals surface area contributed by atoms with Crippen LogP contribution in [-0.2, 0) is 26.5 Å². The number of halogens is 4. The average molecular weight is 913 g/mol. The van der Waals surface area contributed by atoms with Gasteiger partial charge in [0, 0.05) is 9.99 Å². The number of aromatic nitrogens is 6. The van der Waals surface area contributed by atoms with Gasteiger partial charge in [0.05, 0.1) is 24.7 Å². The zero-order valence-corrected chi connectivity index (χ0v) is 31.9. The number of carbonyl (C=O) groups excluding carboxylic acids is 2. The normalized spacial score (nSPS) is 11.3. The maximum absolute atomic E-state index is 12.5. The second kappa shape index (κ2) is 18.0. The molecule has 2 aromatic heterocycles. The molecule has 0 unspecified atom stereocenters. The van der Waals surface area contributed by atoms with Crippen LogP contribution in [0, 0.1) is 17.4 Å². The molecular weight excluding hydrogens is 884 g/mol. The van der Waals surface area contributed by atoms with Crippen LogP contribution in [0.15, 0.2) is 52.3 Å². The predicted molar refractivity (Wildman–Crippen MR) is 188 cm³/mol. The quantitative estimate of drug-likeness (QED) is 0.135. The van der Waals surface area contributed by atoms with Crippen LogP contribution in [0.3, 0.4) is 0 Å². The number of urea groups is 2. The van der Waals surface area contributed by atoms with E-state index < -0.39 is 72.5 Å². The third-order valence-electron chi connectivity index (χ3n) is 6.13. The van der Waals surface area contributed by atoms with Crippen molar-refractivity contribution in [1.29, 1.82) is 0 Å². The molecule has 0 aliphatic rings. The van der Waals surface area contributed by atoms with E-state index in [4.69, 9.17) is 14.6 Å². The molecule has 2 heterocycles. The van der Waals surface area contributed by atoms with Crippen molar-refractivity contribution in [2.75, 3.05) is 24.9 Å². The summed E-state index contributed by atoms with van der Waals surface area (Å²) >= 11 is 1.82. The fourth-order valence-electron chi connectivity index (χ4n) is 3.96. The highest BCUT2D eigenvalue weighted by molar-refractivity contribution is 14.1. The number of anilines is 2. The number of sulfonamides is 2. The summed E-state index contributed by atoms with van der Waals surface area (Å²) in [6.07, 6.45) is -6.20. The zero-order chi connectivity index (χ0) is 40.4. The predicted octanol–water partition coefficient (Wildman–Crippen LogP) is 3.20. The second-order valence-corrected chi connectivity index (χ2v) is 14.7. The first-order chi connectivity index (χ1) is 25.1. The Bertz CT molecular complexity index is 2270. The van der Waals surface area contributed by atoms with Crippen molar-refractivity contribution in [2.45, 2.75) is 42.7 Å². The van der Waals surface area contributed by atoms with Crippen molar-refractivity contribution >= 4 is 72.6 Å². The lowest BCUT2D eigenvalue weighted by atomic mass is 10.1. The molecule has 4 amide bonds. The first kappa shape index (κ1) is 42.9. The van der Waals surface area contributed by atoms with Crippen molar-refractivity contribution in [3.05, 3.63) is 68.8 Å². The molecule has 0 atom stereocenters. The summed E-state index contributed by atoms with van der Waals surface area (Å²) in [4.78, 5) is 57.0. The van der Waals surface area contributed by atoms with Crippen LogP contribution < -0.4 is 29.6 Å². The van der Waals surface area contributed by atoms with Crippen molar-refractivity contribution in [1.82, 2.24) is 39.3 Å². The molecule has 0 bridgehead atoms. The van der Waals surface area contributed by atoms with Gasteiger partial charge in [-0.1, -0.05) is 18.2 Å². The van der Waals surface area contributed by atoms with Gasteiger partial charge in [0.25, 0.3) is 20.0 Å². The van der Waals surface area contributed by atoms with Gasteiger partial charge in [0.2, 0.25) is 11.9 Å². The molecule has 0 radical (unpaired) electrons. The number of carboxylic acid groups (broad SMARTS) is 1. The summed E-state index contributed by atoms with van der Waals surface area (Å²) in [7, 11) is -6.28. The number of nitrogens with one attached hydrogen (secondary N) is 4. The van der Waals surface area contributed by atoms with Gasteiger partial charge in [-0.05, 0) is 72.7 Å². The number of ether oxygens (including phenoxy) is 2. The third kappa shape index (κ3) is 12.9. The number of nitrogens with zero attached hydrogens (tertiary/aromatic N) is 6. The van der Waals surface area contributed by atoms with Crippen LogP contribution in [0.25, 0.3) is 0 Å². The minimum Gasteiger partial charge on any atom is -0.478 e. The number of hydrogen-bond donors (Lipinski definition) is 5. The lowest BCUT2D eigenvalue weighted by Gasteiger charge is -2.13. The number of rotatable bonds is 11. The van der Waals surface area contributed by atoms with E-state index >= 15 is 0 Å². The van der Waals surface area contributed by atoms with E-state index in [1.54, 1.807) is 9.44 Å². The molecule has 0 saturated heterocycles. The van der Waals surface area contributed by atoms with Gasteiger partial charge < -0.3 is 14.6 Å². The summed E-state index contributed by atoms with van der Waals surface area (Å²) in [6.45, 7) is 3.02. The summed E-state index contributed by atoms with van der Waals surface area (Å²) in [6, 6.07) is 6.27. The van der Waals surface area contributed by atoms with E-state index in [-0.39, 0.29) is 41.1 Å². The molecule has 4 aromatic rings. The number of alkyl halides is 3. The van der Waals surface area contributed by atoms with Crippen LogP contribution in [0.5, 0.6) is 12.0 Å². The van der Waals surface area contributed by atoms with E-state index in [1.807, 2.05) is 22.6 Å². The summed E-state index contributed by atoms with van der Waals surface area (Å²) in [5.74, 6) is -1.49. The van der Waals surface area contributed by atoms with Crippen molar-refractivity contribution in [2.24, 2.45) is 0 Å². The number of carboxylic acids is 1. The van der Waals surface area contributed by atoms with Gasteiger partial charge >= 0.3 is 36.2 Å². The molecule has 290 valence electrons. The Morgan fingerprint density at radius 2 is 1.24 bits per heavy atom. The van der Waals surface area contributed by atoms with Gasteiger partial charge in [-0.25, -0.2) is 40.7 Å². The first-order valence-electron chi connectivity index (χ1n) is 14.5. The van der Waals surface area contributed by atoms with Gasteiger partial charge in [0.15, 0.2) is 0 Å². The molecule has 0 aliphatic heterocycles. The topological polar surface area (TPSA) is 284 Å². The Kier molecular flexibility index (Phi) is 14.3. The smallest absolute Gasteiger partial charge is 0.389 e. The van der Waals surface area contributed by atoms with E-state index in [0.29, 0.717) is 3.57 Å². The van der Waals surface area contributed by atoms with Crippen LogP contribution in [0.2, 0.25) is 0 Å². The Labute approximate surface area is 318 Å². The van der Waals surface area contributed by atoms with Crippen molar-refractivity contribution < 1.29 is 59.0 Å². The van der Waals surface area contributed by atoms with E-state index in [2.05, 4.69) is 40.5 Å². The van der Waals surface area contributed by atoms with Gasteiger partial charge in [-0.2, -0.15) is 43.1 Å². The highest BCUT2D eigenvalue weighted by Gasteiger charge is 2.29. The van der Waals surface area contributed by atoms with Crippen molar-refractivity contribution in [3.8, 4) is 12.0 Å². The number of hydrogen-bond acceptors (Lipinski definition) is 15. The lowest BCUT2D eigenvalue weighted by Crippen LogP contribution is -2.35. The molecular formula is C28H28F3IN10O10S2. The molecule has 20 nitrogen and oxygen atoms in total. The molecule has 0 spiro atoms. The summed E-state index contributed by atoms with van der Waals surface area (Å²) < 4.78 is 101. The fraction of sp³-hybridized carbons (Fsp3) is 0.250. The maximum Gasteiger partial charge on any atom is 0.389 e. The molecule has 26 heteroatoms. The fourth-order valence-corrected chi connectivity index (χ4v) is 6.97. The van der Waals surface area contributed by atoms with Crippen LogP contribution >= 0.6 is 22.6 Å². The number of benzene rings is 2. The SMILES string of the molecule is COc1nc(C)nc(NC(=O)NS(=O)(=O)c2cc(I)ccc2C(=O)O)n1.COc1nc(C)nc(NC(=O)NS(=O)(=O)c2ccccc2CCC(F)(F)F)n1. The van der Waals surface area contributed by atoms with Gasteiger partial charge in [-0.3, -0.25) is 10.6 Å². The maximum atomic E-state index is 12.5. The van der Waals surface area contributed by atoms with Gasteiger partial charge in [-0.15, -0.1) is 0 Å². The number of aromatic carboxylic acids is 1. The highest BCUT2D eigenvalue weighted by atomic mass is 127. The zero-order valence-electron chi connectivity index (χ0n) is 28.1. The minimum atomic E-state index is -4.45. The number of amides is 4. The van der Waals surface area contributed by atoms with Crippen LogP contribution in [0.1, 0.15) is 34.0 Å². The monoisotopic (exact) mass is 912 g/mol. The molecule has 54 heavy (non-hydrogen) atoms. The van der Waals surface area contributed by atoms with E-state index in [0.717, 1.165) is 18.2 Å². The number of carbonyl (C=O) groups is 3. The van der Waals surface area contributed by atoms with Crippen LogP contribution in [0.4, 0.5) is 34.7 Å². The minimum absolute atomic E-state index is 0.0681. The Balaban J connectivity index is 0.000000291. The molecule has 0 saturated carbocycles. The third-order valence-corrected chi connectivity index (χ3v) is 9.60. The Morgan fingerprint density at radius 1 is 0.759 bits per heavy atom. The average Bonchev–Trinajstić information content (AvgIpc) is 3.06. The standard InChI is InChI=1S/C15H16F3N5O4S.C13H12IN5O6S/c1-9-19-12(22-14(20-9)27-2)21-13(24)23-28(25,26)11-6-4-3-5-10(11)7-8-15(16,17)18;1-6-15-11(18-13(16-6)25-2)17-12(22)19-26(23,24)9-5-7(14)3-4-8(9)10(20)21/h3-6H,7-8H2,1-2H3,(H2,19,20,21,22,23,24);3-5H,1-2H3,(H,20,21)(H2,15,16,17,18,19,22).